The molecule has 0 atom stereocenters. The fourth-order valence-corrected chi connectivity index (χ4v) is 3.49. The molecule has 3 rings (SSSR count). The molecule has 126 valence electrons. The number of thiocarbonyl (C=S) groups is 1. The zero-order valence-corrected chi connectivity index (χ0v) is 15.8. The number of nitrogens with zero attached hydrogens (tertiary/aromatic N) is 1. The molecular formula is C17H10BrFN2O2S2. The molecule has 1 N–H and O–H groups in total. The van der Waals surface area contributed by atoms with Crippen LogP contribution in [0.15, 0.2) is 57.9 Å². The average molecular weight is 437 g/mol. The van der Waals surface area contributed by atoms with Gasteiger partial charge in [-0.25, -0.2) is 4.39 Å². The molecule has 0 radical (unpaired) electrons. The van der Waals surface area contributed by atoms with E-state index in [-0.39, 0.29) is 10.1 Å². The number of thioether (sulfide) groups is 1. The van der Waals surface area contributed by atoms with Gasteiger partial charge in [-0.2, -0.15) is 5.01 Å². The van der Waals surface area contributed by atoms with Crippen molar-refractivity contribution in [3.05, 3.63) is 74.9 Å². The molecule has 4 nitrogen and oxygen atoms in total. The fourth-order valence-electron chi connectivity index (χ4n) is 2.04. The average Bonchev–Trinajstić information content (AvgIpc) is 2.85. The van der Waals surface area contributed by atoms with Crippen molar-refractivity contribution in [2.45, 2.75) is 0 Å². The molecule has 2 aromatic rings. The first-order valence-corrected chi connectivity index (χ1v) is 9.06. The summed E-state index contributed by atoms with van der Waals surface area (Å²) in [6.45, 7) is 0. The molecular weight excluding hydrogens is 427 g/mol. The first-order valence-electron chi connectivity index (χ1n) is 7.04. The van der Waals surface area contributed by atoms with Crippen LogP contribution in [0.4, 0.5) is 4.39 Å². The summed E-state index contributed by atoms with van der Waals surface area (Å²) < 4.78 is 14.0. The second kappa shape index (κ2) is 7.47. The monoisotopic (exact) mass is 436 g/mol. The highest BCUT2D eigenvalue weighted by Gasteiger charge is 2.33. The number of halogens is 2. The smallest absolute Gasteiger partial charge is 0.267 e. The van der Waals surface area contributed by atoms with Crippen molar-refractivity contribution in [2.75, 3.05) is 0 Å². The minimum atomic E-state index is -0.438. The fraction of sp³-hybridized carbons (Fsp3) is 0. The lowest BCUT2D eigenvalue weighted by Crippen LogP contribution is -2.44. The molecule has 2 amide bonds. The number of amides is 2. The van der Waals surface area contributed by atoms with E-state index >= 15 is 0 Å². The Morgan fingerprint density at radius 3 is 2.44 bits per heavy atom. The molecule has 0 aromatic heterocycles. The van der Waals surface area contributed by atoms with E-state index in [0.717, 1.165) is 21.2 Å². The van der Waals surface area contributed by atoms with Crippen LogP contribution in [0.1, 0.15) is 15.9 Å². The molecule has 1 aliphatic rings. The lowest BCUT2D eigenvalue weighted by Gasteiger charge is -2.15. The van der Waals surface area contributed by atoms with E-state index in [1.165, 1.54) is 12.1 Å². The van der Waals surface area contributed by atoms with Crippen molar-refractivity contribution in [1.82, 2.24) is 10.4 Å². The molecule has 0 unspecified atom stereocenters. The summed E-state index contributed by atoms with van der Waals surface area (Å²) in [5.41, 5.74) is 3.58. The lowest BCUT2D eigenvalue weighted by molar-refractivity contribution is -0.123. The number of hydrogen-bond acceptors (Lipinski definition) is 4. The van der Waals surface area contributed by atoms with Gasteiger partial charge < -0.3 is 0 Å². The highest BCUT2D eigenvalue weighted by atomic mass is 79.9. The second-order valence-corrected chi connectivity index (χ2v) is 7.61. The van der Waals surface area contributed by atoms with E-state index in [1.54, 1.807) is 42.5 Å². The third-order valence-corrected chi connectivity index (χ3v) is 5.11. The summed E-state index contributed by atoms with van der Waals surface area (Å²) in [5.74, 6) is -1.22. The van der Waals surface area contributed by atoms with Crippen LogP contribution in [-0.4, -0.2) is 21.1 Å². The SMILES string of the molecule is O=C(NN1C(=O)/C(=C/c2ccc(F)cc2)SC1=S)c1ccc(Br)cc1. The number of rotatable bonds is 3. The van der Waals surface area contributed by atoms with Gasteiger partial charge in [-0.05, 0) is 60.3 Å². The Balaban J connectivity index is 1.76. The molecule has 1 heterocycles. The highest BCUT2D eigenvalue weighted by molar-refractivity contribution is 9.10. The van der Waals surface area contributed by atoms with Crippen LogP contribution in [0.2, 0.25) is 0 Å². The predicted molar refractivity (Wildman–Crippen MR) is 103 cm³/mol. The summed E-state index contributed by atoms with van der Waals surface area (Å²) in [7, 11) is 0. The van der Waals surface area contributed by atoms with Crippen LogP contribution in [0.3, 0.4) is 0 Å². The summed E-state index contributed by atoms with van der Waals surface area (Å²) in [5, 5.41) is 1.04. The van der Waals surface area contributed by atoms with E-state index in [1.807, 2.05) is 0 Å². The van der Waals surface area contributed by atoms with Gasteiger partial charge in [0.05, 0.1) is 4.91 Å². The zero-order valence-electron chi connectivity index (χ0n) is 12.5. The summed E-state index contributed by atoms with van der Waals surface area (Å²) in [4.78, 5) is 25.1. The van der Waals surface area contributed by atoms with Crippen molar-refractivity contribution < 1.29 is 14.0 Å². The van der Waals surface area contributed by atoms with Crippen LogP contribution in [0.5, 0.6) is 0 Å². The third kappa shape index (κ3) is 4.15. The number of hydrogen-bond donors (Lipinski definition) is 1. The van der Waals surface area contributed by atoms with Crippen LogP contribution < -0.4 is 5.43 Å². The first-order chi connectivity index (χ1) is 11.9. The Bertz CT molecular complexity index is 883. The van der Waals surface area contributed by atoms with Crippen molar-refractivity contribution in [2.24, 2.45) is 0 Å². The maximum absolute atomic E-state index is 13.0. The first kappa shape index (κ1) is 17.8. The van der Waals surface area contributed by atoms with Crippen molar-refractivity contribution in [1.29, 1.82) is 0 Å². The normalized spacial score (nSPS) is 15.8. The molecule has 1 saturated heterocycles. The quantitative estimate of drug-likeness (QED) is 0.580. The third-order valence-electron chi connectivity index (χ3n) is 3.28. The minimum absolute atomic E-state index is 0.226. The van der Waals surface area contributed by atoms with Gasteiger partial charge in [-0.15, -0.1) is 0 Å². The molecule has 0 spiro atoms. The number of benzene rings is 2. The highest BCUT2D eigenvalue weighted by Crippen LogP contribution is 2.31. The van der Waals surface area contributed by atoms with Crippen molar-refractivity contribution in [3.8, 4) is 0 Å². The van der Waals surface area contributed by atoms with Crippen molar-refractivity contribution in [3.63, 3.8) is 0 Å². The standard InChI is InChI=1S/C17H10BrFN2O2S2/c18-12-5-3-11(4-6-12)15(22)20-21-16(23)14(25-17(21)24)9-10-1-7-13(19)8-2-10/h1-9H,(H,20,22)/b14-9-. The molecule has 0 saturated carbocycles. The molecule has 2 aromatic carbocycles. The molecule has 8 heteroatoms. The molecule has 0 bridgehead atoms. The number of hydrazine groups is 1. The Labute approximate surface area is 161 Å². The van der Waals surface area contributed by atoms with Gasteiger partial charge in [0.2, 0.25) is 0 Å². The maximum atomic E-state index is 13.0. The largest absolute Gasteiger partial charge is 0.285 e. The van der Waals surface area contributed by atoms with Crippen LogP contribution in [0, 0.1) is 5.82 Å². The van der Waals surface area contributed by atoms with E-state index in [9.17, 15) is 14.0 Å². The van der Waals surface area contributed by atoms with Gasteiger partial charge >= 0.3 is 0 Å². The molecule has 25 heavy (non-hydrogen) atoms. The Morgan fingerprint density at radius 2 is 1.80 bits per heavy atom. The summed E-state index contributed by atoms with van der Waals surface area (Å²) in [6, 6.07) is 12.5. The van der Waals surface area contributed by atoms with E-state index in [4.69, 9.17) is 12.2 Å². The van der Waals surface area contributed by atoms with Crippen molar-refractivity contribution >= 4 is 62.1 Å². The minimum Gasteiger partial charge on any atom is -0.267 e. The molecule has 1 fully saturated rings. The molecule has 0 aliphatic carbocycles. The molecule has 1 aliphatic heterocycles. The Hall–Kier alpha value is -2.03. The van der Waals surface area contributed by atoms with Gasteiger partial charge in [-0.3, -0.25) is 15.0 Å². The van der Waals surface area contributed by atoms with Crippen LogP contribution >= 0.6 is 39.9 Å². The number of nitrogens with one attached hydrogen (secondary N) is 1. The summed E-state index contributed by atoms with van der Waals surface area (Å²) >= 11 is 9.53. The van der Waals surface area contributed by atoms with E-state index in [2.05, 4.69) is 21.4 Å². The predicted octanol–water partition coefficient (Wildman–Crippen LogP) is 4.13. The van der Waals surface area contributed by atoms with Crippen LogP contribution in [-0.2, 0) is 4.79 Å². The zero-order chi connectivity index (χ0) is 18.0. The second-order valence-electron chi connectivity index (χ2n) is 5.02. The number of carbonyl (C=O) groups is 2. The maximum Gasteiger partial charge on any atom is 0.285 e. The summed E-state index contributed by atoms with van der Waals surface area (Å²) in [6.07, 6.45) is 1.60. The topological polar surface area (TPSA) is 49.4 Å². The van der Waals surface area contributed by atoms with E-state index < -0.39 is 11.8 Å². The van der Waals surface area contributed by atoms with Gasteiger partial charge in [0.15, 0.2) is 4.32 Å². The Morgan fingerprint density at radius 1 is 1.16 bits per heavy atom. The lowest BCUT2D eigenvalue weighted by atomic mass is 10.2. The van der Waals surface area contributed by atoms with Gasteiger partial charge in [0, 0.05) is 10.0 Å². The number of carbonyl (C=O) groups excluding carboxylic acids is 2. The Kier molecular flexibility index (Phi) is 5.31. The van der Waals surface area contributed by atoms with Gasteiger partial charge in [0.1, 0.15) is 5.82 Å². The van der Waals surface area contributed by atoms with Gasteiger partial charge in [0.25, 0.3) is 11.8 Å². The van der Waals surface area contributed by atoms with Gasteiger partial charge in [-0.1, -0.05) is 39.8 Å². The van der Waals surface area contributed by atoms with E-state index in [0.29, 0.717) is 16.0 Å². The van der Waals surface area contributed by atoms with Crippen LogP contribution in [0.25, 0.3) is 6.08 Å².